The molecule has 2 aromatic rings. The fourth-order valence-electron chi connectivity index (χ4n) is 2.41. The van der Waals surface area contributed by atoms with E-state index < -0.39 is 10.0 Å². The molecule has 1 N–H and O–H groups in total. The highest BCUT2D eigenvalue weighted by molar-refractivity contribution is 7.91. The van der Waals surface area contributed by atoms with E-state index in [0.717, 1.165) is 37.3 Å². The van der Waals surface area contributed by atoms with Gasteiger partial charge in [-0.15, -0.1) is 11.3 Å². The Labute approximate surface area is 155 Å². The first kappa shape index (κ1) is 18.3. The van der Waals surface area contributed by atoms with Crippen molar-refractivity contribution in [3.8, 4) is 0 Å². The highest BCUT2D eigenvalue weighted by Gasteiger charge is 2.20. The van der Waals surface area contributed by atoms with Gasteiger partial charge in [-0.25, -0.2) is 13.1 Å². The Kier molecular flexibility index (Phi) is 5.42. The Morgan fingerprint density at radius 3 is 2.56 bits per heavy atom. The van der Waals surface area contributed by atoms with Crippen molar-refractivity contribution in [3.63, 3.8) is 0 Å². The van der Waals surface area contributed by atoms with Gasteiger partial charge in [0, 0.05) is 27.2 Å². The zero-order chi connectivity index (χ0) is 18.0. The Bertz CT molecular complexity index is 849. The molecular weight excluding hydrogens is 384 g/mol. The van der Waals surface area contributed by atoms with Crippen LogP contribution in [-0.2, 0) is 16.6 Å². The zero-order valence-corrected chi connectivity index (χ0v) is 16.3. The number of hydrogen-bond acceptors (Lipinski definition) is 8. The predicted molar refractivity (Wildman–Crippen MR) is 99.0 cm³/mol. The minimum Gasteiger partial charge on any atom is -0.347 e. The van der Waals surface area contributed by atoms with Crippen molar-refractivity contribution >= 4 is 44.9 Å². The van der Waals surface area contributed by atoms with E-state index in [4.69, 9.17) is 11.6 Å². The summed E-state index contributed by atoms with van der Waals surface area (Å²) in [5.41, 5.74) is 0. The lowest BCUT2D eigenvalue weighted by atomic mass is 10.4. The normalized spacial score (nSPS) is 14.9. The lowest BCUT2D eigenvalue weighted by Gasteiger charge is -2.18. The van der Waals surface area contributed by atoms with Crippen LogP contribution in [0.5, 0.6) is 0 Å². The maximum atomic E-state index is 12.3. The first-order valence-electron chi connectivity index (χ1n) is 7.77. The summed E-state index contributed by atoms with van der Waals surface area (Å²) in [4.78, 5) is 17.1. The molecule has 0 bridgehead atoms. The Morgan fingerprint density at radius 2 is 1.96 bits per heavy atom. The zero-order valence-electron chi connectivity index (χ0n) is 13.9. The molecule has 25 heavy (non-hydrogen) atoms. The highest BCUT2D eigenvalue weighted by atomic mass is 35.5. The van der Waals surface area contributed by atoms with Gasteiger partial charge in [-0.1, -0.05) is 11.6 Å². The average Bonchev–Trinajstić information content (AvgIpc) is 3.24. The maximum absolute atomic E-state index is 12.3. The molecule has 0 aliphatic carbocycles. The van der Waals surface area contributed by atoms with Crippen LogP contribution in [-0.4, -0.2) is 50.6 Å². The molecule has 0 amide bonds. The number of thiophene rings is 1. The largest absolute Gasteiger partial charge is 0.347 e. The van der Waals surface area contributed by atoms with Crippen molar-refractivity contribution in [1.29, 1.82) is 0 Å². The molecule has 1 aliphatic rings. The first-order valence-corrected chi connectivity index (χ1v) is 10.4. The highest BCUT2D eigenvalue weighted by Crippen LogP contribution is 2.25. The van der Waals surface area contributed by atoms with E-state index in [9.17, 15) is 8.42 Å². The summed E-state index contributed by atoms with van der Waals surface area (Å²) in [6.07, 6.45) is 2.20. The standard InChI is InChI=1S/C14H19ClN6O2S2/c1-20(2)13-17-11(18-14(19-13)21-7-3-4-8-21)9-16-25(22,23)12-6-5-10(15)24-12/h5-6,16H,3-4,7-9H2,1-2H3. The molecule has 1 saturated heterocycles. The van der Waals surface area contributed by atoms with Crippen molar-refractivity contribution in [2.24, 2.45) is 0 Å². The van der Waals surface area contributed by atoms with E-state index >= 15 is 0 Å². The second-order valence-corrected chi connectivity index (χ2v) is 9.53. The lowest BCUT2D eigenvalue weighted by molar-refractivity contribution is 0.581. The van der Waals surface area contributed by atoms with Gasteiger partial charge in [-0.2, -0.15) is 15.0 Å². The third-order valence-electron chi connectivity index (χ3n) is 3.68. The molecule has 0 aromatic carbocycles. The number of hydrogen-bond donors (Lipinski definition) is 1. The number of anilines is 2. The molecule has 0 saturated carbocycles. The predicted octanol–water partition coefficient (Wildman–Crippen LogP) is 1.73. The minimum atomic E-state index is -3.65. The molecule has 0 unspecified atom stereocenters. The van der Waals surface area contributed by atoms with Gasteiger partial charge < -0.3 is 9.80 Å². The van der Waals surface area contributed by atoms with Crippen LogP contribution in [0.25, 0.3) is 0 Å². The minimum absolute atomic E-state index is 0.0119. The molecule has 8 nitrogen and oxygen atoms in total. The summed E-state index contributed by atoms with van der Waals surface area (Å²) in [5, 5.41) is 0. The molecule has 0 radical (unpaired) electrons. The molecule has 1 fully saturated rings. The molecule has 0 spiro atoms. The fourth-order valence-corrected chi connectivity index (χ4v) is 4.91. The number of sulfonamides is 1. The smallest absolute Gasteiger partial charge is 0.250 e. The van der Waals surface area contributed by atoms with Crippen LogP contribution < -0.4 is 14.5 Å². The Hall–Kier alpha value is -1.49. The maximum Gasteiger partial charge on any atom is 0.250 e. The van der Waals surface area contributed by atoms with E-state index in [1.165, 1.54) is 6.07 Å². The molecule has 3 rings (SSSR count). The van der Waals surface area contributed by atoms with Gasteiger partial charge in [-0.05, 0) is 25.0 Å². The first-order chi connectivity index (χ1) is 11.8. The van der Waals surface area contributed by atoms with Crippen molar-refractivity contribution in [3.05, 3.63) is 22.3 Å². The fraction of sp³-hybridized carbons (Fsp3) is 0.500. The molecule has 1 aliphatic heterocycles. The second kappa shape index (κ2) is 7.40. The number of aromatic nitrogens is 3. The van der Waals surface area contributed by atoms with Gasteiger partial charge in [0.05, 0.1) is 10.9 Å². The van der Waals surface area contributed by atoms with Crippen LogP contribution in [0.15, 0.2) is 16.3 Å². The van der Waals surface area contributed by atoms with E-state index in [0.29, 0.717) is 22.1 Å². The number of nitrogens with zero attached hydrogens (tertiary/aromatic N) is 5. The van der Waals surface area contributed by atoms with E-state index in [1.807, 2.05) is 14.1 Å². The van der Waals surface area contributed by atoms with E-state index in [-0.39, 0.29) is 10.8 Å². The van der Waals surface area contributed by atoms with Crippen molar-refractivity contribution < 1.29 is 8.42 Å². The van der Waals surface area contributed by atoms with Crippen molar-refractivity contribution in [2.45, 2.75) is 23.6 Å². The number of nitrogens with one attached hydrogen (secondary N) is 1. The summed E-state index contributed by atoms with van der Waals surface area (Å²) >= 11 is 6.82. The quantitative estimate of drug-likeness (QED) is 0.786. The number of rotatable bonds is 6. The van der Waals surface area contributed by atoms with Crippen molar-refractivity contribution in [1.82, 2.24) is 19.7 Å². The van der Waals surface area contributed by atoms with Gasteiger partial charge in [0.2, 0.25) is 11.9 Å². The van der Waals surface area contributed by atoms with E-state index in [2.05, 4.69) is 24.6 Å². The molecule has 11 heteroatoms. The Balaban J connectivity index is 1.81. The van der Waals surface area contributed by atoms with E-state index in [1.54, 1.807) is 11.0 Å². The molecule has 0 atom stereocenters. The molecule has 3 heterocycles. The lowest BCUT2D eigenvalue weighted by Crippen LogP contribution is -2.27. The average molecular weight is 403 g/mol. The summed E-state index contributed by atoms with van der Waals surface area (Å²) in [6, 6.07) is 3.03. The summed E-state index contributed by atoms with van der Waals surface area (Å²) in [7, 11) is 0.0298. The molecule has 136 valence electrons. The van der Waals surface area contributed by atoms with Crippen LogP contribution in [0.1, 0.15) is 18.7 Å². The summed E-state index contributed by atoms with van der Waals surface area (Å²) < 4.78 is 27.8. The van der Waals surface area contributed by atoms with Crippen LogP contribution in [0.3, 0.4) is 0 Å². The monoisotopic (exact) mass is 402 g/mol. The molecule has 2 aromatic heterocycles. The number of halogens is 1. The van der Waals surface area contributed by atoms with Gasteiger partial charge in [0.15, 0.2) is 5.82 Å². The molecular formula is C14H19ClN6O2S2. The Morgan fingerprint density at radius 1 is 1.24 bits per heavy atom. The van der Waals surface area contributed by atoms with Gasteiger partial charge in [-0.3, -0.25) is 0 Å². The second-order valence-electron chi connectivity index (χ2n) is 5.82. The third-order valence-corrected chi connectivity index (χ3v) is 6.80. The van der Waals surface area contributed by atoms with Gasteiger partial charge in [0.1, 0.15) is 4.21 Å². The van der Waals surface area contributed by atoms with Gasteiger partial charge >= 0.3 is 0 Å². The third kappa shape index (κ3) is 4.38. The van der Waals surface area contributed by atoms with Gasteiger partial charge in [0.25, 0.3) is 10.0 Å². The SMILES string of the molecule is CN(C)c1nc(CNS(=O)(=O)c2ccc(Cl)s2)nc(N2CCCC2)n1. The van der Waals surface area contributed by atoms with Crippen LogP contribution in [0.4, 0.5) is 11.9 Å². The van der Waals surface area contributed by atoms with Crippen LogP contribution in [0, 0.1) is 0 Å². The topological polar surface area (TPSA) is 91.3 Å². The van der Waals surface area contributed by atoms with Crippen molar-refractivity contribution in [2.75, 3.05) is 37.0 Å². The summed E-state index contributed by atoms with van der Waals surface area (Å²) in [6.45, 7) is 1.79. The van der Waals surface area contributed by atoms with Crippen LogP contribution >= 0.6 is 22.9 Å². The van der Waals surface area contributed by atoms with Crippen LogP contribution in [0.2, 0.25) is 4.34 Å². The summed E-state index contributed by atoms with van der Waals surface area (Å²) in [5.74, 6) is 1.47.